The number of nitrogens with one attached hydrogen (secondary N) is 1. The molecule has 1 aromatic rings. The van der Waals surface area contributed by atoms with Crippen LogP contribution in [0.25, 0.3) is 0 Å². The molecule has 1 aromatic heterocycles. The molecule has 0 fully saturated rings. The molecule has 6 nitrogen and oxygen atoms in total. The number of methoxy groups -OCH3 is 1. The van der Waals surface area contributed by atoms with Crippen LogP contribution in [0.3, 0.4) is 0 Å². The Bertz CT molecular complexity index is 542. The first kappa shape index (κ1) is 17.4. The predicted octanol–water partition coefficient (Wildman–Crippen LogP) is 1.74. The van der Waals surface area contributed by atoms with Gasteiger partial charge in [0.25, 0.3) is 10.0 Å². The van der Waals surface area contributed by atoms with E-state index in [1.807, 2.05) is 0 Å². The number of carbonyl (C=O) groups is 1. The Morgan fingerprint density at radius 3 is 2.90 bits per heavy atom. The monoisotopic (exact) mass is 338 g/mol. The lowest BCUT2D eigenvalue weighted by molar-refractivity contribution is 0.0590. The number of carbonyl (C=O) groups excluding carboxylic acids is 1. The van der Waals surface area contributed by atoms with Crippen molar-refractivity contribution in [2.75, 3.05) is 18.6 Å². The lowest BCUT2D eigenvalue weighted by Gasteiger charge is -2.13. The zero-order valence-corrected chi connectivity index (χ0v) is 14.0. The standard InChI is InChI=1S/C11H18N2O4S3/c1-4-18-6-5-8(2)13-20(15,16)11-9(10(14)17-3)12-7-19-11/h7-8,13H,4-6H2,1-3H3. The van der Waals surface area contributed by atoms with E-state index >= 15 is 0 Å². The highest BCUT2D eigenvalue weighted by atomic mass is 32.2. The summed E-state index contributed by atoms with van der Waals surface area (Å²) >= 11 is 2.66. The number of aromatic nitrogens is 1. The zero-order chi connectivity index (χ0) is 15.2. The third kappa shape index (κ3) is 4.72. The average Bonchev–Trinajstić information content (AvgIpc) is 2.87. The molecule has 1 unspecified atom stereocenters. The van der Waals surface area contributed by atoms with Gasteiger partial charge in [0.2, 0.25) is 0 Å². The molecule has 0 aliphatic carbocycles. The summed E-state index contributed by atoms with van der Waals surface area (Å²) in [5.41, 5.74) is 1.15. The van der Waals surface area contributed by atoms with Crippen molar-refractivity contribution in [3.63, 3.8) is 0 Å². The molecule has 1 rings (SSSR count). The zero-order valence-electron chi connectivity index (χ0n) is 11.6. The molecule has 9 heteroatoms. The summed E-state index contributed by atoms with van der Waals surface area (Å²) in [5.74, 6) is 1.13. The number of thioether (sulfide) groups is 1. The van der Waals surface area contributed by atoms with Crippen molar-refractivity contribution in [1.29, 1.82) is 0 Å². The number of sulfonamides is 1. The summed E-state index contributed by atoms with van der Waals surface area (Å²) in [7, 11) is -2.55. The summed E-state index contributed by atoms with van der Waals surface area (Å²) < 4.78 is 31.4. The molecule has 20 heavy (non-hydrogen) atoms. The van der Waals surface area contributed by atoms with E-state index in [0.717, 1.165) is 29.3 Å². The number of nitrogens with zero attached hydrogens (tertiary/aromatic N) is 1. The van der Waals surface area contributed by atoms with Crippen LogP contribution in [0.4, 0.5) is 0 Å². The van der Waals surface area contributed by atoms with E-state index in [1.165, 1.54) is 12.6 Å². The van der Waals surface area contributed by atoms with E-state index in [0.29, 0.717) is 0 Å². The Morgan fingerprint density at radius 2 is 2.30 bits per heavy atom. The maximum Gasteiger partial charge on any atom is 0.358 e. The van der Waals surface area contributed by atoms with Crippen molar-refractivity contribution in [3.05, 3.63) is 11.2 Å². The van der Waals surface area contributed by atoms with Gasteiger partial charge in [0, 0.05) is 6.04 Å². The van der Waals surface area contributed by atoms with Crippen molar-refractivity contribution >= 4 is 39.1 Å². The van der Waals surface area contributed by atoms with Gasteiger partial charge in [0.15, 0.2) is 9.90 Å². The smallest absolute Gasteiger partial charge is 0.358 e. The third-order valence-electron chi connectivity index (χ3n) is 2.41. The molecule has 1 N–H and O–H groups in total. The van der Waals surface area contributed by atoms with E-state index in [1.54, 1.807) is 18.7 Å². The summed E-state index contributed by atoms with van der Waals surface area (Å²) in [4.78, 5) is 15.2. The number of ether oxygens (including phenoxy) is 1. The minimum atomic E-state index is -3.74. The van der Waals surface area contributed by atoms with Crippen LogP contribution < -0.4 is 4.72 Å². The maximum atomic E-state index is 12.2. The highest BCUT2D eigenvalue weighted by Crippen LogP contribution is 2.21. The molecule has 114 valence electrons. The normalized spacial score (nSPS) is 13.2. The maximum absolute atomic E-state index is 12.2. The van der Waals surface area contributed by atoms with Crippen LogP contribution in [0, 0.1) is 0 Å². The Hall–Kier alpha value is -0.640. The van der Waals surface area contributed by atoms with Crippen LogP contribution in [-0.4, -0.2) is 44.0 Å². The van der Waals surface area contributed by atoms with E-state index < -0.39 is 16.0 Å². The Kier molecular flexibility index (Phi) is 6.93. The van der Waals surface area contributed by atoms with Gasteiger partial charge < -0.3 is 4.74 Å². The van der Waals surface area contributed by atoms with Crippen LogP contribution in [0.2, 0.25) is 0 Å². The molecule has 0 aromatic carbocycles. The minimum Gasteiger partial charge on any atom is -0.464 e. The Labute approximate surface area is 127 Å². The predicted molar refractivity (Wildman–Crippen MR) is 80.9 cm³/mol. The number of hydrogen-bond acceptors (Lipinski definition) is 7. The lowest BCUT2D eigenvalue weighted by Crippen LogP contribution is -2.33. The highest BCUT2D eigenvalue weighted by Gasteiger charge is 2.27. The fourth-order valence-electron chi connectivity index (χ4n) is 1.44. The van der Waals surface area contributed by atoms with Crippen LogP contribution in [-0.2, 0) is 14.8 Å². The van der Waals surface area contributed by atoms with Crippen LogP contribution in [0.1, 0.15) is 30.8 Å². The fourth-order valence-corrected chi connectivity index (χ4v) is 4.68. The second-order valence-electron chi connectivity index (χ2n) is 3.99. The SMILES string of the molecule is CCSCCC(C)NS(=O)(=O)c1scnc1C(=O)OC. The molecule has 0 radical (unpaired) electrons. The molecule has 0 spiro atoms. The second-order valence-corrected chi connectivity index (χ2v) is 8.15. The van der Waals surface area contributed by atoms with Crippen molar-refractivity contribution in [3.8, 4) is 0 Å². The first-order valence-electron chi connectivity index (χ1n) is 6.04. The van der Waals surface area contributed by atoms with E-state index in [4.69, 9.17) is 0 Å². The molecule has 0 aliphatic rings. The number of hydrogen-bond donors (Lipinski definition) is 1. The number of rotatable bonds is 8. The third-order valence-corrected chi connectivity index (χ3v) is 6.31. The molecule has 0 saturated heterocycles. The van der Waals surface area contributed by atoms with E-state index in [2.05, 4.69) is 21.4 Å². The summed E-state index contributed by atoms with van der Waals surface area (Å²) in [6.07, 6.45) is 0.726. The van der Waals surface area contributed by atoms with Crippen molar-refractivity contribution < 1.29 is 17.9 Å². The van der Waals surface area contributed by atoms with Crippen LogP contribution >= 0.6 is 23.1 Å². The van der Waals surface area contributed by atoms with E-state index in [9.17, 15) is 13.2 Å². The van der Waals surface area contributed by atoms with E-state index in [-0.39, 0.29) is 15.9 Å². The van der Waals surface area contributed by atoms with Gasteiger partial charge in [0.1, 0.15) is 0 Å². The molecular formula is C11H18N2O4S3. The fraction of sp³-hybridized carbons (Fsp3) is 0.636. The summed E-state index contributed by atoms with van der Waals surface area (Å²) in [5, 5.41) is 0. The largest absolute Gasteiger partial charge is 0.464 e. The highest BCUT2D eigenvalue weighted by molar-refractivity contribution is 7.99. The molecule has 0 bridgehead atoms. The quantitative estimate of drug-likeness (QED) is 0.574. The topological polar surface area (TPSA) is 85.4 Å². The van der Waals surface area contributed by atoms with Crippen molar-refractivity contribution in [1.82, 2.24) is 9.71 Å². The molecule has 1 atom stereocenters. The van der Waals surface area contributed by atoms with Gasteiger partial charge in [0.05, 0.1) is 12.6 Å². The first-order valence-corrected chi connectivity index (χ1v) is 9.56. The number of thiazole rings is 1. The molecule has 1 heterocycles. The van der Waals surface area contributed by atoms with Crippen molar-refractivity contribution in [2.45, 2.75) is 30.5 Å². The molecule has 0 amide bonds. The van der Waals surface area contributed by atoms with Gasteiger partial charge in [-0.3, -0.25) is 0 Å². The Morgan fingerprint density at radius 1 is 1.60 bits per heavy atom. The van der Waals surface area contributed by atoms with Crippen LogP contribution in [0.15, 0.2) is 9.72 Å². The van der Waals surface area contributed by atoms with Gasteiger partial charge in [-0.1, -0.05) is 6.92 Å². The van der Waals surface area contributed by atoms with Crippen LogP contribution in [0.5, 0.6) is 0 Å². The molecule has 0 aliphatic heterocycles. The summed E-state index contributed by atoms with van der Waals surface area (Å²) in [6, 6.07) is -0.202. The second kappa shape index (κ2) is 7.96. The van der Waals surface area contributed by atoms with Gasteiger partial charge in [-0.2, -0.15) is 11.8 Å². The summed E-state index contributed by atoms with van der Waals surface area (Å²) in [6.45, 7) is 3.85. The Balaban J connectivity index is 2.79. The van der Waals surface area contributed by atoms with Crippen molar-refractivity contribution in [2.24, 2.45) is 0 Å². The van der Waals surface area contributed by atoms with Gasteiger partial charge >= 0.3 is 5.97 Å². The first-order chi connectivity index (χ1) is 9.42. The lowest BCUT2D eigenvalue weighted by atomic mass is 10.3. The molecular weight excluding hydrogens is 320 g/mol. The van der Waals surface area contributed by atoms with Gasteiger partial charge in [-0.15, -0.1) is 11.3 Å². The minimum absolute atomic E-state index is 0.0978. The number of esters is 1. The van der Waals surface area contributed by atoms with Gasteiger partial charge in [-0.05, 0) is 24.9 Å². The average molecular weight is 338 g/mol. The van der Waals surface area contributed by atoms with Gasteiger partial charge in [-0.25, -0.2) is 22.9 Å². The molecule has 0 saturated carbocycles.